The van der Waals surface area contributed by atoms with Crippen molar-refractivity contribution in [2.75, 3.05) is 6.61 Å². The molecule has 2 aliphatic rings. The zero-order valence-corrected chi connectivity index (χ0v) is 14.5. The quantitative estimate of drug-likeness (QED) is 0.796. The molecule has 1 aliphatic carbocycles. The molecule has 2 atom stereocenters. The van der Waals surface area contributed by atoms with Crippen LogP contribution in [0.15, 0.2) is 40.5 Å². The summed E-state index contributed by atoms with van der Waals surface area (Å²) in [5, 5.41) is 0. The summed E-state index contributed by atoms with van der Waals surface area (Å²) in [4.78, 5) is 29.9. The zero-order chi connectivity index (χ0) is 17.3. The number of carbonyl (C=O) groups excluding carboxylic acids is 2. The first kappa shape index (κ1) is 16.6. The number of Topliss-reactive ketones (excluding diaryl/α,β-unsaturated/α-hetero) is 1. The van der Waals surface area contributed by atoms with Gasteiger partial charge >= 0.3 is 5.97 Å². The van der Waals surface area contributed by atoms with E-state index >= 15 is 0 Å². The molecule has 2 unspecified atom stereocenters. The number of aliphatic imine (C=N–C) groups is 1. The minimum absolute atomic E-state index is 0.181. The summed E-state index contributed by atoms with van der Waals surface area (Å²) in [5.41, 5.74) is 4.24. The first-order valence-corrected chi connectivity index (χ1v) is 8.57. The van der Waals surface area contributed by atoms with E-state index < -0.39 is 0 Å². The summed E-state index contributed by atoms with van der Waals surface area (Å²) in [6, 6.07) is 8.04. The van der Waals surface area contributed by atoms with Crippen LogP contribution in [0.3, 0.4) is 0 Å². The molecule has 4 heteroatoms. The van der Waals surface area contributed by atoms with Crippen LogP contribution >= 0.6 is 0 Å². The van der Waals surface area contributed by atoms with Crippen molar-refractivity contribution in [3.8, 4) is 0 Å². The van der Waals surface area contributed by atoms with Crippen molar-refractivity contribution in [3.63, 3.8) is 0 Å². The van der Waals surface area contributed by atoms with Crippen molar-refractivity contribution in [2.24, 2.45) is 10.9 Å². The fourth-order valence-corrected chi connectivity index (χ4v) is 3.82. The molecule has 0 N–H and O–H groups in total. The summed E-state index contributed by atoms with van der Waals surface area (Å²) >= 11 is 0. The van der Waals surface area contributed by atoms with Gasteiger partial charge in [0.25, 0.3) is 0 Å². The first-order chi connectivity index (χ1) is 11.5. The van der Waals surface area contributed by atoms with E-state index in [0.29, 0.717) is 24.3 Å². The van der Waals surface area contributed by atoms with Crippen LogP contribution in [0.4, 0.5) is 0 Å². The van der Waals surface area contributed by atoms with Gasteiger partial charge in [-0.25, -0.2) is 4.79 Å². The molecule has 0 saturated heterocycles. The molecule has 1 heterocycles. The van der Waals surface area contributed by atoms with Crippen molar-refractivity contribution in [3.05, 3.63) is 46.7 Å². The van der Waals surface area contributed by atoms with Crippen LogP contribution in [-0.4, -0.2) is 24.1 Å². The van der Waals surface area contributed by atoms with Crippen LogP contribution < -0.4 is 0 Å². The Balaban J connectivity index is 2.16. The minimum atomic E-state index is -0.359. The molecule has 0 aromatic heterocycles. The topological polar surface area (TPSA) is 55.7 Å². The highest BCUT2D eigenvalue weighted by Gasteiger charge is 2.43. The van der Waals surface area contributed by atoms with Crippen LogP contribution in [0, 0.1) is 12.8 Å². The van der Waals surface area contributed by atoms with E-state index in [1.165, 1.54) is 0 Å². The lowest BCUT2D eigenvalue weighted by Crippen LogP contribution is -2.39. The number of aryl methyl sites for hydroxylation is 1. The largest absolute Gasteiger partial charge is 0.463 e. The average molecular weight is 325 g/mol. The molecule has 4 nitrogen and oxygen atoms in total. The predicted molar refractivity (Wildman–Crippen MR) is 93.0 cm³/mol. The van der Waals surface area contributed by atoms with Crippen molar-refractivity contribution < 1.29 is 14.3 Å². The number of hydrogen-bond donors (Lipinski definition) is 0. The van der Waals surface area contributed by atoms with Crippen LogP contribution in [-0.2, 0) is 14.3 Å². The van der Waals surface area contributed by atoms with Crippen molar-refractivity contribution in [1.82, 2.24) is 0 Å². The van der Waals surface area contributed by atoms with Gasteiger partial charge in [-0.3, -0.25) is 9.79 Å². The Morgan fingerprint density at radius 3 is 2.75 bits per heavy atom. The van der Waals surface area contributed by atoms with E-state index in [4.69, 9.17) is 4.74 Å². The lowest BCUT2D eigenvalue weighted by molar-refractivity contribution is -0.139. The van der Waals surface area contributed by atoms with Gasteiger partial charge in [0.05, 0.1) is 18.1 Å². The Morgan fingerprint density at radius 1 is 1.25 bits per heavy atom. The first-order valence-electron chi connectivity index (χ1n) is 8.57. The Morgan fingerprint density at radius 2 is 2.04 bits per heavy atom. The molecule has 1 fully saturated rings. The predicted octanol–water partition coefficient (Wildman–Crippen LogP) is 3.74. The van der Waals surface area contributed by atoms with Gasteiger partial charge in [0, 0.05) is 23.7 Å². The number of allylic oxidation sites excluding steroid dienone is 1. The Kier molecular flexibility index (Phi) is 4.65. The van der Waals surface area contributed by atoms with Crippen LogP contribution in [0.5, 0.6) is 0 Å². The third kappa shape index (κ3) is 2.93. The second-order valence-electron chi connectivity index (χ2n) is 6.51. The molecule has 0 radical (unpaired) electrons. The molecule has 0 amide bonds. The van der Waals surface area contributed by atoms with Crippen molar-refractivity contribution >= 4 is 17.5 Å². The molecule has 0 spiro atoms. The van der Waals surface area contributed by atoms with E-state index in [1.54, 1.807) is 6.92 Å². The number of rotatable bonds is 3. The molecule has 1 aromatic rings. The molecule has 24 heavy (non-hydrogen) atoms. The molecule has 0 bridgehead atoms. The summed E-state index contributed by atoms with van der Waals surface area (Å²) in [6.45, 7) is 5.96. The highest BCUT2D eigenvalue weighted by atomic mass is 16.5. The van der Waals surface area contributed by atoms with E-state index in [1.807, 2.05) is 32.0 Å². The molecule has 1 saturated carbocycles. The summed E-state index contributed by atoms with van der Waals surface area (Å²) in [7, 11) is 0. The second kappa shape index (κ2) is 6.71. The highest BCUT2D eigenvalue weighted by molar-refractivity contribution is 6.11. The number of carbonyl (C=O) groups is 2. The molecular weight excluding hydrogens is 302 g/mol. The Hall–Kier alpha value is -2.23. The monoisotopic (exact) mass is 325 g/mol. The fourth-order valence-electron chi connectivity index (χ4n) is 3.82. The lowest BCUT2D eigenvalue weighted by atomic mass is 9.69. The molecule has 1 aromatic carbocycles. The van der Waals surface area contributed by atoms with Gasteiger partial charge in [-0.1, -0.05) is 29.8 Å². The number of ketones is 1. The number of hydrogen-bond acceptors (Lipinski definition) is 4. The summed E-state index contributed by atoms with van der Waals surface area (Å²) in [6.07, 6.45) is 2.23. The van der Waals surface area contributed by atoms with Gasteiger partial charge in [-0.2, -0.15) is 0 Å². The Bertz CT molecular complexity index is 745. The van der Waals surface area contributed by atoms with Crippen LogP contribution in [0.25, 0.3) is 0 Å². The molecule has 126 valence electrons. The SMILES string of the molecule is CCOC(=O)C1=C(C)N=C2CCCC(=O)C2C1c1cccc(C)c1. The zero-order valence-electron chi connectivity index (χ0n) is 14.5. The van der Waals surface area contributed by atoms with E-state index in [9.17, 15) is 9.59 Å². The third-order valence-corrected chi connectivity index (χ3v) is 4.80. The van der Waals surface area contributed by atoms with Gasteiger partial charge in [-0.05, 0) is 39.2 Å². The van der Waals surface area contributed by atoms with Gasteiger partial charge in [0.2, 0.25) is 0 Å². The third-order valence-electron chi connectivity index (χ3n) is 4.80. The minimum Gasteiger partial charge on any atom is -0.463 e. The van der Waals surface area contributed by atoms with E-state index in [0.717, 1.165) is 29.7 Å². The second-order valence-corrected chi connectivity index (χ2v) is 6.51. The highest BCUT2D eigenvalue weighted by Crippen LogP contribution is 2.43. The maximum absolute atomic E-state index is 12.7. The molecule has 3 rings (SSSR count). The number of fused-ring (bicyclic) bond motifs is 1. The average Bonchev–Trinajstić information content (AvgIpc) is 2.54. The fraction of sp³-hybridized carbons (Fsp3) is 0.450. The standard InChI is InChI=1S/C20H23NO3/c1-4-24-20(23)17-13(3)21-15-9-6-10-16(22)19(15)18(17)14-8-5-7-12(2)11-14/h5,7-8,11,18-19H,4,6,9-10H2,1-3H3. The molecular formula is C20H23NO3. The van der Waals surface area contributed by atoms with Crippen LogP contribution in [0.2, 0.25) is 0 Å². The maximum atomic E-state index is 12.7. The van der Waals surface area contributed by atoms with Crippen molar-refractivity contribution in [2.45, 2.75) is 46.0 Å². The maximum Gasteiger partial charge on any atom is 0.336 e. The van der Waals surface area contributed by atoms with Gasteiger partial charge in [0.15, 0.2) is 0 Å². The van der Waals surface area contributed by atoms with E-state index in [-0.39, 0.29) is 23.6 Å². The lowest BCUT2D eigenvalue weighted by Gasteiger charge is -2.35. The number of benzene rings is 1. The number of ether oxygens (including phenoxy) is 1. The number of esters is 1. The normalized spacial score (nSPS) is 23.6. The number of nitrogens with zero attached hydrogens (tertiary/aromatic N) is 1. The van der Waals surface area contributed by atoms with Gasteiger partial charge in [0.1, 0.15) is 5.78 Å². The van der Waals surface area contributed by atoms with Gasteiger partial charge in [-0.15, -0.1) is 0 Å². The summed E-state index contributed by atoms with van der Waals surface area (Å²) in [5.74, 6) is -0.795. The van der Waals surface area contributed by atoms with Gasteiger partial charge < -0.3 is 4.74 Å². The smallest absolute Gasteiger partial charge is 0.336 e. The van der Waals surface area contributed by atoms with Crippen LogP contribution in [0.1, 0.15) is 50.2 Å². The van der Waals surface area contributed by atoms with Crippen molar-refractivity contribution in [1.29, 1.82) is 0 Å². The summed E-state index contributed by atoms with van der Waals surface area (Å²) < 4.78 is 5.27. The Labute approximate surface area is 142 Å². The van der Waals surface area contributed by atoms with E-state index in [2.05, 4.69) is 11.1 Å². The molecule has 1 aliphatic heterocycles.